The zero-order valence-electron chi connectivity index (χ0n) is 10.0. The minimum atomic E-state index is 0.863. The van der Waals surface area contributed by atoms with Gasteiger partial charge in [-0.05, 0) is 48.9 Å². The van der Waals surface area contributed by atoms with Crippen LogP contribution in [-0.2, 0) is 0 Å². The first-order valence-corrected chi connectivity index (χ1v) is 6.00. The second kappa shape index (κ2) is 4.48. The Morgan fingerprint density at radius 1 is 0.846 bits per heavy atom. The summed E-state index contributed by atoms with van der Waals surface area (Å²) >= 11 is 0. The van der Waals surface area contributed by atoms with E-state index in [0.717, 1.165) is 29.6 Å². The van der Waals surface area contributed by atoms with E-state index in [0.29, 0.717) is 0 Å². The van der Waals surface area contributed by atoms with Gasteiger partial charge in [-0.25, -0.2) is 0 Å². The molecule has 13 heavy (non-hydrogen) atoms. The van der Waals surface area contributed by atoms with Crippen LogP contribution in [0.3, 0.4) is 0 Å². The lowest BCUT2D eigenvalue weighted by molar-refractivity contribution is 0.142. The molecule has 0 saturated heterocycles. The summed E-state index contributed by atoms with van der Waals surface area (Å²) in [5.74, 6) is 4.72. The van der Waals surface area contributed by atoms with Crippen molar-refractivity contribution in [2.45, 2.75) is 53.9 Å². The van der Waals surface area contributed by atoms with Gasteiger partial charge in [-0.3, -0.25) is 0 Å². The highest BCUT2D eigenvalue weighted by Crippen LogP contribution is 2.38. The Morgan fingerprint density at radius 3 is 1.69 bits per heavy atom. The summed E-state index contributed by atoms with van der Waals surface area (Å²) in [6.45, 7) is 12.0. The molecule has 0 N–H and O–H groups in total. The highest BCUT2D eigenvalue weighted by molar-refractivity contribution is 4.79. The van der Waals surface area contributed by atoms with Gasteiger partial charge >= 0.3 is 0 Å². The van der Waals surface area contributed by atoms with E-state index in [4.69, 9.17) is 0 Å². The standard InChI is InChI=1S/C13H26/c1-9(2)12(5)13-7-10(3)6-11(4)8-13/h9-13H,6-8H2,1-5H3. The molecule has 0 bridgehead atoms. The summed E-state index contributed by atoms with van der Waals surface area (Å²) < 4.78 is 0. The molecule has 0 aliphatic heterocycles. The van der Waals surface area contributed by atoms with Crippen LogP contribution in [0.4, 0.5) is 0 Å². The molecule has 0 aromatic rings. The minimum absolute atomic E-state index is 0.863. The van der Waals surface area contributed by atoms with Gasteiger partial charge < -0.3 is 0 Å². The van der Waals surface area contributed by atoms with Crippen LogP contribution >= 0.6 is 0 Å². The lowest BCUT2D eigenvalue weighted by Crippen LogP contribution is -2.26. The van der Waals surface area contributed by atoms with Crippen LogP contribution in [0, 0.1) is 29.6 Å². The highest BCUT2D eigenvalue weighted by Gasteiger charge is 2.28. The molecule has 0 heterocycles. The van der Waals surface area contributed by atoms with Gasteiger partial charge in [0.15, 0.2) is 0 Å². The molecule has 0 amide bonds. The molecule has 0 aromatic heterocycles. The molecule has 0 radical (unpaired) electrons. The van der Waals surface area contributed by atoms with Gasteiger partial charge in [0.2, 0.25) is 0 Å². The van der Waals surface area contributed by atoms with Crippen LogP contribution in [0.15, 0.2) is 0 Å². The van der Waals surface area contributed by atoms with E-state index >= 15 is 0 Å². The monoisotopic (exact) mass is 182 g/mol. The van der Waals surface area contributed by atoms with Crippen molar-refractivity contribution in [2.75, 3.05) is 0 Å². The van der Waals surface area contributed by atoms with Crippen molar-refractivity contribution in [3.05, 3.63) is 0 Å². The molecule has 0 spiro atoms. The van der Waals surface area contributed by atoms with E-state index < -0.39 is 0 Å². The Morgan fingerprint density at radius 2 is 1.31 bits per heavy atom. The maximum Gasteiger partial charge on any atom is -0.0381 e. The second-order valence-corrected chi connectivity index (χ2v) is 5.78. The van der Waals surface area contributed by atoms with Crippen molar-refractivity contribution in [1.82, 2.24) is 0 Å². The predicted molar refractivity (Wildman–Crippen MR) is 59.7 cm³/mol. The van der Waals surface area contributed by atoms with Crippen molar-refractivity contribution in [3.8, 4) is 0 Å². The van der Waals surface area contributed by atoms with Gasteiger partial charge in [0.25, 0.3) is 0 Å². The molecule has 78 valence electrons. The maximum absolute atomic E-state index is 2.44. The van der Waals surface area contributed by atoms with Crippen molar-refractivity contribution in [2.24, 2.45) is 29.6 Å². The maximum atomic E-state index is 2.44. The van der Waals surface area contributed by atoms with Crippen LogP contribution in [0.1, 0.15) is 53.9 Å². The van der Waals surface area contributed by atoms with Crippen LogP contribution in [0.25, 0.3) is 0 Å². The Kier molecular flexibility index (Phi) is 3.82. The third-order valence-electron chi connectivity index (χ3n) is 4.01. The SMILES string of the molecule is CC1CC(C)CC(C(C)C(C)C)C1. The average molecular weight is 182 g/mol. The topological polar surface area (TPSA) is 0 Å². The van der Waals surface area contributed by atoms with Gasteiger partial charge in [0.05, 0.1) is 0 Å². The lowest BCUT2D eigenvalue weighted by atomic mass is 9.69. The summed E-state index contributed by atoms with van der Waals surface area (Å²) in [7, 11) is 0. The van der Waals surface area contributed by atoms with E-state index in [2.05, 4.69) is 34.6 Å². The smallest absolute Gasteiger partial charge is 0.0381 e. The van der Waals surface area contributed by atoms with Gasteiger partial charge in [-0.2, -0.15) is 0 Å². The first kappa shape index (κ1) is 11.1. The fourth-order valence-corrected chi connectivity index (χ4v) is 2.98. The lowest BCUT2D eigenvalue weighted by Gasteiger charge is -2.36. The Balaban J connectivity index is 2.49. The van der Waals surface area contributed by atoms with Crippen LogP contribution in [-0.4, -0.2) is 0 Å². The quantitative estimate of drug-likeness (QED) is 0.595. The zero-order valence-corrected chi connectivity index (χ0v) is 10.0. The first-order valence-electron chi connectivity index (χ1n) is 6.00. The van der Waals surface area contributed by atoms with Gasteiger partial charge in [-0.1, -0.05) is 34.6 Å². The van der Waals surface area contributed by atoms with E-state index in [1.54, 1.807) is 0 Å². The molecule has 1 fully saturated rings. The van der Waals surface area contributed by atoms with Crippen molar-refractivity contribution >= 4 is 0 Å². The summed E-state index contributed by atoms with van der Waals surface area (Å²) in [6.07, 6.45) is 4.41. The largest absolute Gasteiger partial charge is 0.0625 e. The third-order valence-corrected chi connectivity index (χ3v) is 4.01. The molecular formula is C13H26. The molecule has 1 aliphatic carbocycles. The third kappa shape index (κ3) is 3.00. The summed E-state index contributed by atoms with van der Waals surface area (Å²) in [5.41, 5.74) is 0. The zero-order chi connectivity index (χ0) is 10.0. The van der Waals surface area contributed by atoms with E-state index in [1.165, 1.54) is 19.3 Å². The summed E-state index contributed by atoms with van der Waals surface area (Å²) in [4.78, 5) is 0. The van der Waals surface area contributed by atoms with E-state index in [-0.39, 0.29) is 0 Å². The Labute approximate surface area is 84.1 Å². The second-order valence-electron chi connectivity index (χ2n) is 5.78. The normalized spacial score (nSPS) is 37.8. The summed E-state index contributed by atoms with van der Waals surface area (Å²) in [5, 5.41) is 0. The van der Waals surface area contributed by atoms with E-state index in [9.17, 15) is 0 Å². The van der Waals surface area contributed by atoms with Crippen LogP contribution in [0.5, 0.6) is 0 Å². The highest BCUT2D eigenvalue weighted by atomic mass is 14.3. The molecule has 3 unspecified atom stereocenters. The molecular weight excluding hydrogens is 156 g/mol. The van der Waals surface area contributed by atoms with Crippen molar-refractivity contribution in [1.29, 1.82) is 0 Å². The van der Waals surface area contributed by atoms with Gasteiger partial charge in [-0.15, -0.1) is 0 Å². The fraction of sp³-hybridized carbons (Fsp3) is 1.00. The molecule has 0 heteroatoms. The molecule has 1 aliphatic rings. The molecule has 0 aromatic carbocycles. The minimum Gasteiger partial charge on any atom is -0.0625 e. The average Bonchev–Trinajstić information content (AvgIpc) is 2.01. The van der Waals surface area contributed by atoms with Gasteiger partial charge in [0, 0.05) is 0 Å². The van der Waals surface area contributed by atoms with E-state index in [1.807, 2.05) is 0 Å². The molecule has 1 rings (SSSR count). The molecule has 0 nitrogen and oxygen atoms in total. The predicted octanol–water partition coefficient (Wildman–Crippen LogP) is 4.35. The molecule has 1 saturated carbocycles. The fourth-order valence-electron chi connectivity index (χ4n) is 2.98. The Hall–Kier alpha value is 0. The number of rotatable bonds is 2. The molecule has 3 atom stereocenters. The number of hydrogen-bond donors (Lipinski definition) is 0. The Bertz CT molecular complexity index is 138. The van der Waals surface area contributed by atoms with Gasteiger partial charge in [0.1, 0.15) is 0 Å². The van der Waals surface area contributed by atoms with Crippen LogP contribution < -0.4 is 0 Å². The number of hydrogen-bond acceptors (Lipinski definition) is 0. The first-order chi connectivity index (χ1) is 6.00. The van der Waals surface area contributed by atoms with Crippen molar-refractivity contribution in [3.63, 3.8) is 0 Å². The van der Waals surface area contributed by atoms with Crippen LogP contribution in [0.2, 0.25) is 0 Å². The summed E-state index contributed by atoms with van der Waals surface area (Å²) in [6, 6.07) is 0. The van der Waals surface area contributed by atoms with Crippen molar-refractivity contribution < 1.29 is 0 Å².